The largest absolute Gasteiger partial charge is 0.401 e. The van der Waals surface area contributed by atoms with Crippen molar-refractivity contribution in [1.29, 1.82) is 0 Å². The van der Waals surface area contributed by atoms with Crippen molar-refractivity contribution in [2.45, 2.75) is 17.7 Å². The number of carbonyl (C=O) groups excluding carboxylic acids is 1. The summed E-state index contributed by atoms with van der Waals surface area (Å²) in [7, 11) is 0. The van der Waals surface area contributed by atoms with E-state index in [0.717, 1.165) is 28.9 Å². The van der Waals surface area contributed by atoms with Gasteiger partial charge in [-0.3, -0.25) is 4.79 Å². The van der Waals surface area contributed by atoms with Gasteiger partial charge < -0.3 is 11.1 Å². The molecule has 1 amide bonds. The molecule has 2 aromatic carbocycles. The van der Waals surface area contributed by atoms with Crippen molar-refractivity contribution in [3.63, 3.8) is 0 Å². The molecule has 3 N–H and O–H groups in total. The van der Waals surface area contributed by atoms with Crippen LogP contribution in [-0.2, 0) is 4.79 Å². The second-order valence-electron chi connectivity index (χ2n) is 5.90. The Labute approximate surface area is 161 Å². The highest BCUT2D eigenvalue weighted by molar-refractivity contribution is 8.00. The summed E-state index contributed by atoms with van der Waals surface area (Å²) in [6.07, 6.45) is 0.776. The Balaban J connectivity index is 1.94. The minimum Gasteiger partial charge on any atom is -0.401 e. The molecule has 2 atom stereocenters. The fraction of sp³-hybridized carbons (Fsp3) is 0.211. The van der Waals surface area contributed by atoms with Gasteiger partial charge in [0.25, 0.3) is 0 Å². The van der Waals surface area contributed by atoms with E-state index in [1.54, 1.807) is 23.9 Å². The zero-order valence-electron chi connectivity index (χ0n) is 13.5. The number of carbonyl (C=O) groups is 1. The molecule has 0 aromatic heterocycles. The first kappa shape index (κ1) is 18.2. The number of hydrogen-bond donors (Lipinski definition) is 2. The molecule has 0 bridgehead atoms. The van der Waals surface area contributed by atoms with Crippen molar-refractivity contribution in [1.82, 2.24) is 5.32 Å². The van der Waals surface area contributed by atoms with Crippen LogP contribution in [0.2, 0.25) is 10.0 Å². The van der Waals surface area contributed by atoms with E-state index in [9.17, 15) is 4.79 Å². The van der Waals surface area contributed by atoms with Gasteiger partial charge in [-0.2, -0.15) is 0 Å². The van der Waals surface area contributed by atoms with Crippen molar-refractivity contribution in [3.05, 3.63) is 70.3 Å². The molecule has 130 valence electrons. The molecular formula is C19H18Cl2N2OS. The number of nitrogens with two attached hydrogens (primary N) is 1. The quantitative estimate of drug-likeness (QED) is 0.788. The SMILES string of the molecule is C=C(N)[C@@H]1CCS[C@H](c2cccc(-c3c(Cl)cccc3Cl)c2)C(=O)N1. The summed E-state index contributed by atoms with van der Waals surface area (Å²) in [4.78, 5) is 12.6. The molecule has 25 heavy (non-hydrogen) atoms. The summed E-state index contributed by atoms with van der Waals surface area (Å²) in [5, 5.41) is 3.84. The Kier molecular flexibility index (Phi) is 5.62. The number of rotatable bonds is 3. The summed E-state index contributed by atoms with van der Waals surface area (Å²) >= 11 is 14.2. The summed E-state index contributed by atoms with van der Waals surface area (Å²) < 4.78 is 0. The van der Waals surface area contributed by atoms with Crippen LogP contribution in [0, 0.1) is 0 Å². The van der Waals surface area contributed by atoms with E-state index in [4.69, 9.17) is 28.9 Å². The molecule has 1 fully saturated rings. The zero-order valence-corrected chi connectivity index (χ0v) is 15.8. The highest BCUT2D eigenvalue weighted by atomic mass is 35.5. The van der Waals surface area contributed by atoms with Crippen molar-refractivity contribution < 1.29 is 4.79 Å². The van der Waals surface area contributed by atoms with Gasteiger partial charge in [0.15, 0.2) is 0 Å². The van der Waals surface area contributed by atoms with Gasteiger partial charge in [-0.15, -0.1) is 11.8 Å². The van der Waals surface area contributed by atoms with Crippen molar-refractivity contribution >= 4 is 40.9 Å². The lowest BCUT2D eigenvalue weighted by molar-refractivity contribution is -0.121. The summed E-state index contributed by atoms with van der Waals surface area (Å²) in [6.45, 7) is 3.75. The second-order valence-corrected chi connectivity index (χ2v) is 7.93. The van der Waals surface area contributed by atoms with Crippen LogP contribution >= 0.6 is 35.0 Å². The van der Waals surface area contributed by atoms with Gasteiger partial charge in [0.1, 0.15) is 5.25 Å². The lowest BCUT2D eigenvalue weighted by Crippen LogP contribution is -2.38. The van der Waals surface area contributed by atoms with E-state index in [1.807, 2.05) is 30.3 Å². The van der Waals surface area contributed by atoms with Crippen molar-refractivity contribution in [2.24, 2.45) is 5.73 Å². The van der Waals surface area contributed by atoms with Gasteiger partial charge in [-0.1, -0.05) is 54.0 Å². The number of hydrogen-bond acceptors (Lipinski definition) is 3. The van der Waals surface area contributed by atoms with Crippen LogP contribution in [0.3, 0.4) is 0 Å². The van der Waals surface area contributed by atoms with E-state index >= 15 is 0 Å². The Bertz CT molecular complexity index is 805. The lowest BCUT2D eigenvalue weighted by Gasteiger charge is -2.17. The molecule has 6 heteroatoms. The van der Waals surface area contributed by atoms with Gasteiger partial charge in [0.2, 0.25) is 5.91 Å². The van der Waals surface area contributed by atoms with E-state index in [-0.39, 0.29) is 17.2 Å². The molecule has 2 aromatic rings. The first-order chi connectivity index (χ1) is 12.0. The molecule has 1 aliphatic heterocycles. The van der Waals surface area contributed by atoms with Crippen LogP contribution in [-0.4, -0.2) is 17.7 Å². The summed E-state index contributed by atoms with van der Waals surface area (Å²) in [5.74, 6) is 0.767. The predicted molar refractivity (Wildman–Crippen MR) is 107 cm³/mol. The number of thioether (sulfide) groups is 1. The molecule has 3 nitrogen and oxygen atoms in total. The molecule has 1 saturated heterocycles. The second kappa shape index (κ2) is 7.73. The first-order valence-electron chi connectivity index (χ1n) is 7.88. The Morgan fingerprint density at radius 3 is 2.56 bits per heavy atom. The average molecular weight is 393 g/mol. The van der Waals surface area contributed by atoms with E-state index in [0.29, 0.717) is 15.7 Å². The molecule has 1 aliphatic rings. The van der Waals surface area contributed by atoms with Crippen molar-refractivity contribution in [2.75, 3.05) is 5.75 Å². The number of nitrogens with one attached hydrogen (secondary N) is 1. The minimum atomic E-state index is -0.300. The van der Waals surface area contributed by atoms with Gasteiger partial charge in [-0.25, -0.2) is 0 Å². The number of amides is 1. The standard InChI is InChI=1S/C19H18Cl2N2OS/c1-11(22)16-8-9-25-18(19(24)23-16)13-5-2-4-12(10-13)17-14(20)6-3-7-15(17)21/h2-7,10,16,18H,1,8-9,22H2,(H,23,24)/t16-,18+/m0/s1. The maximum absolute atomic E-state index is 12.6. The molecular weight excluding hydrogens is 375 g/mol. The Hall–Kier alpha value is -1.62. The molecule has 0 spiro atoms. The normalized spacial score (nSPS) is 20.6. The van der Waals surface area contributed by atoms with Gasteiger partial charge in [-0.05, 0) is 41.5 Å². The molecule has 0 radical (unpaired) electrons. The van der Waals surface area contributed by atoms with Gasteiger partial charge in [0.05, 0.1) is 6.04 Å². The Morgan fingerprint density at radius 1 is 1.20 bits per heavy atom. The fourth-order valence-corrected chi connectivity index (χ4v) is 4.64. The lowest BCUT2D eigenvalue weighted by atomic mass is 10.0. The van der Waals surface area contributed by atoms with E-state index in [2.05, 4.69) is 11.9 Å². The first-order valence-corrected chi connectivity index (χ1v) is 9.68. The minimum absolute atomic E-state index is 0.0542. The molecule has 3 rings (SSSR count). The van der Waals surface area contributed by atoms with Crippen LogP contribution in [0.5, 0.6) is 0 Å². The third-order valence-electron chi connectivity index (χ3n) is 4.13. The molecule has 0 aliphatic carbocycles. The van der Waals surface area contributed by atoms with Crippen molar-refractivity contribution in [3.8, 4) is 11.1 Å². The average Bonchev–Trinajstić information content (AvgIpc) is 2.77. The van der Waals surface area contributed by atoms with Crippen LogP contribution < -0.4 is 11.1 Å². The molecule has 1 heterocycles. The zero-order chi connectivity index (χ0) is 18.0. The fourth-order valence-electron chi connectivity index (χ4n) is 2.86. The third kappa shape index (κ3) is 3.97. The summed E-state index contributed by atoms with van der Waals surface area (Å²) in [6, 6.07) is 13.0. The highest BCUT2D eigenvalue weighted by Gasteiger charge is 2.28. The maximum atomic E-state index is 12.6. The van der Waals surface area contributed by atoms with Crippen LogP contribution in [0.15, 0.2) is 54.7 Å². The molecule has 0 unspecified atom stereocenters. The third-order valence-corrected chi connectivity index (χ3v) is 6.05. The monoisotopic (exact) mass is 392 g/mol. The predicted octanol–water partition coefficient (Wildman–Crippen LogP) is 4.80. The topological polar surface area (TPSA) is 55.1 Å². The number of benzene rings is 2. The smallest absolute Gasteiger partial charge is 0.238 e. The Morgan fingerprint density at radius 2 is 1.88 bits per heavy atom. The highest BCUT2D eigenvalue weighted by Crippen LogP contribution is 2.38. The van der Waals surface area contributed by atoms with Crippen LogP contribution in [0.25, 0.3) is 11.1 Å². The van der Waals surface area contributed by atoms with Crippen LogP contribution in [0.4, 0.5) is 0 Å². The molecule has 0 saturated carbocycles. The van der Waals surface area contributed by atoms with Gasteiger partial charge in [0, 0.05) is 21.3 Å². The van der Waals surface area contributed by atoms with E-state index in [1.165, 1.54) is 0 Å². The van der Waals surface area contributed by atoms with Gasteiger partial charge >= 0.3 is 0 Å². The number of halogens is 2. The maximum Gasteiger partial charge on any atom is 0.238 e. The summed E-state index contributed by atoms with van der Waals surface area (Å²) in [5.41, 5.74) is 8.85. The van der Waals surface area contributed by atoms with E-state index < -0.39 is 0 Å². The van der Waals surface area contributed by atoms with Crippen LogP contribution in [0.1, 0.15) is 17.2 Å².